The Morgan fingerprint density at radius 3 is 2.69 bits per heavy atom. The molecule has 11 heteroatoms. The summed E-state index contributed by atoms with van der Waals surface area (Å²) in [7, 11) is 0. The fourth-order valence-corrected chi connectivity index (χ4v) is 4.05. The van der Waals surface area contributed by atoms with Gasteiger partial charge in [0.05, 0.1) is 10.6 Å². The Balaban J connectivity index is 1.67. The Morgan fingerprint density at radius 1 is 1.31 bits per heavy atom. The molecule has 0 unspecified atom stereocenters. The number of rotatable bonds is 8. The molecule has 3 rings (SSSR count). The largest absolute Gasteiger partial charge is 0.336 e. The first kappa shape index (κ1) is 23.4. The molecule has 9 nitrogen and oxygen atoms in total. The number of hydrogen-bond acceptors (Lipinski definition) is 6. The third-order valence-electron chi connectivity index (χ3n) is 4.38. The van der Waals surface area contributed by atoms with Crippen LogP contribution in [0.1, 0.15) is 35.5 Å². The Kier molecular flexibility index (Phi) is 7.54. The van der Waals surface area contributed by atoms with Gasteiger partial charge < -0.3 is 10.6 Å². The molecule has 0 atom stereocenters. The smallest absolute Gasteiger partial charge is 0.315 e. The Morgan fingerprint density at radius 2 is 2.03 bits per heavy atom. The summed E-state index contributed by atoms with van der Waals surface area (Å²) < 4.78 is 2.32. The minimum Gasteiger partial charge on any atom is -0.336 e. The molecule has 0 aliphatic carbocycles. The van der Waals surface area contributed by atoms with Crippen LogP contribution in [0.5, 0.6) is 0 Å². The molecule has 0 bridgehead atoms. The van der Waals surface area contributed by atoms with Crippen molar-refractivity contribution in [3.8, 4) is 10.7 Å². The number of aromatic nitrogens is 4. The van der Waals surface area contributed by atoms with Crippen molar-refractivity contribution < 1.29 is 9.59 Å². The molecule has 0 saturated carbocycles. The summed E-state index contributed by atoms with van der Waals surface area (Å²) in [5.41, 5.74) is 2.12. The van der Waals surface area contributed by atoms with Crippen molar-refractivity contribution in [2.75, 3.05) is 5.32 Å². The van der Waals surface area contributed by atoms with Gasteiger partial charge in [0.1, 0.15) is 0 Å². The molecule has 0 radical (unpaired) electrons. The monoisotopic (exact) mass is 471 g/mol. The molecule has 0 fully saturated rings. The van der Waals surface area contributed by atoms with Crippen molar-refractivity contribution in [2.45, 2.75) is 39.9 Å². The van der Waals surface area contributed by atoms with Crippen molar-refractivity contribution >= 4 is 40.6 Å². The molecular weight excluding hydrogens is 446 g/mol. The molecular formula is C21H25N7O2S2. The molecule has 0 aliphatic heterocycles. The fraction of sp³-hybridized carbons (Fsp3) is 0.286. The number of hydrogen-bond donors (Lipinski definition) is 4. The van der Waals surface area contributed by atoms with Gasteiger partial charge in [-0.15, -0.1) is 6.58 Å². The number of nitrogens with one attached hydrogen (secondary N) is 4. The Bertz CT molecular complexity index is 1180. The van der Waals surface area contributed by atoms with Crippen molar-refractivity contribution in [3.05, 3.63) is 58.5 Å². The standard InChI is InChI=1S/C21H25N7O2S2/c1-5-10-28-17(26-27-21(28)31)16-13(4)24-20(32-16)25-18(29)15-8-6-14(7-9-15)11-22-19(30)23-12(2)3/h5-9,12H,1,10-11H2,2-4H3,(H,27,31)(H2,22,23,30)(H,24,25,29). The number of anilines is 1. The SMILES string of the molecule is C=CCn1c(-c2sc(NC(=O)c3ccc(CNC(=O)NC(C)C)cc3)nc2C)n[nH]c1=S. The van der Waals surface area contributed by atoms with Gasteiger partial charge in [-0.05, 0) is 50.7 Å². The van der Waals surface area contributed by atoms with Gasteiger partial charge in [-0.1, -0.05) is 29.5 Å². The van der Waals surface area contributed by atoms with Gasteiger partial charge in [0, 0.05) is 24.7 Å². The van der Waals surface area contributed by atoms with Crippen LogP contribution in [0.3, 0.4) is 0 Å². The average Bonchev–Trinajstić information content (AvgIpc) is 3.28. The number of nitrogens with zero attached hydrogens (tertiary/aromatic N) is 3. The summed E-state index contributed by atoms with van der Waals surface area (Å²) in [4.78, 5) is 29.6. The topological polar surface area (TPSA) is 117 Å². The normalized spacial score (nSPS) is 10.8. The van der Waals surface area contributed by atoms with E-state index in [1.54, 1.807) is 30.3 Å². The van der Waals surface area contributed by atoms with Gasteiger partial charge in [0.15, 0.2) is 15.7 Å². The van der Waals surface area contributed by atoms with Crippen molar-refractivity contribution in [2.24, 2.45) is 0 Å². The zero-order valence-corrected chi connectivity index (χ0v) is 19.7. The predicted octanol–water partition coefficient (Wildman–Crippen LogP) is 4.02. The minimum absolute atomic E-state index is 0.0646. The highest BCUT2D eigenvalue weighted by Crippen LogP contribution is 2.31. The molecule has 0 aliphatic rings. The highest BCUT2D eigenvalue weighted by atomic mass is 32.1. The van der Waals surface area contributed by atoms with Crippen molar-refractivity contribution in [1.82, 2.24) is 30.4 Å². The zero-order valence-electron chi connectivity index (χ0n) is 18.1. The van der Waals surface area contributed by atoms with Gasteiger partial charge >= 0.3 is 6.03 Å². The van der Waals surface area contributed by atoms with E-state index in [0.29, 0.717) is 34.4 Å². The van der Waals surface area contributed by atoms with E-state index in [-0.39, 0.29) is 18.0 Å². The first-order valence-corrected chi connectivity index (χ1v) is 11.2. The number of urea groups is 1. The fourth-order valence-electron chi connectivity index (χ4n) is 2.89. The summed E-state index contributed by atoms with van der Waals surface area (Å²) >= 11 is 6.60. The van der Waals surface area contributed by atoms with E-state index >= 15 is 0 Å². The number of amides is 3. The third kappa shape index (κ3) is 5.68. The lowest BCUT2D eigenvalue weighted by Crippen LogP contribution is -2.39. The van der Waals surface area contributed by atoms with Crippen LogP contribution in [-0.2, 0) is 13.1 Å². The van der Waals surface area contributed by atoms with E-state index in [2.05, 4.69) is 37.7 Å². The van der Waals surface area contributed by atoms with Gasteiger partial charge in [-0.2, -0.15) is 5.10 Å². The maximum atomic E-state index is 12.7. The molecule has 3 amide bonds. The van der Waals surface area contributed by atoms with Gasteiger partial charge in [-0.25, -0.2) is 9.78 Å². The second kappa shape index (κ2) is 10.3. The highest BCUT2D eigenvalue weighted by molar-refractivity contribution is 7.71. The van der Waals surface area contributed by atoms with E-state index in [4.69, 9.17) is 12.2 Å². The van der Waals surface area contributed by atoms with Crippen LogP contribution in [0.15, 0.2) is 36.9 Å². The number of carbonyl (C=O) groups excluding carboxylic acids is 2. The van der Waals surface area contributed by atoms with Crippen LogP contribution < -0.4 is 16.0 Å². The van der Waals surface area contributed by atoms with E-state index in [1.807, 2.05) is 25.3 Å². The quantitative estimate of drug-likeness (QED) is 0.292. The van der Waals surface area contributed by atoms with Crippen LogP contribution in [0.25, 0.3) is 10.7 Å². The maximum absolute atomic E-state index is 12.7. The molecule has 3 aromatic rings. The summed E-state index contributed by atoms with van der Waals surface area (Å²) in [5, 5.41) is 15.9. The number of H-pyrrole nitrogens is 1. The number of benzene rings is 1. The number of allylic oxidation sites excluding steroid dienone is 1. The van der Waals surface area contributed by atoms with Gasteiger partial charge in [0.2, 0.25) is 0 Å². The Hall–Kier alpha value is -3.31. The lowest BCUT2D eigenvalue weighted by molar-refractivity contribution is 0.102. The van der Waals surface area contributed by atoms with Crippen molar-refractivity contribution in [3.63, 3.8) is 0 Å². The molecule has 2 aromatic heterocycles. The summed E-state index contributed by atoms with van der Waals surface area (Å²) in [6.45, 7) is 10.3. The molecule has 0 saturated heterocycles. The van der Waals surface area contributed by atoms with E-state index in [0.717, 1.165) is 16.1 Å². The lowest BCUT2D eigenvalue weighted by atomic mass is 10.1. The third-order valence-corrected chi connectivity index (χ3v) is 5.76. The first-order chi connectivity index (χ1) is 15.3. The average molecular weight is 472 g/mol. The minimum atomic E-state index is -0.271. The molecule has 1 aromatic carbocycles. The molecule has 4 N–H and O–H groups in total. The van der Waals surface area contributed by atoms with Crippen LogP contribution in [0, 0.1) is 11.7 Å². The lowest BCUT2D eigenvalue weighted by Gasteiger charge is -2.10. The van der Waals surface area contributed by atoms with Gasteiger partial charge in [0.25, 0.3) is 5.91 Å². The van der Waals surface area contributed by atoms with Crippen LogP contribution in [-0.4, -0.2) is 37.7 Å². The molecule has 2 heterocycles. The summed E-state index contributed by atoms with van der Waals surface area (Å²) in [6.07, 6.45) is 1.74. The second-order valence-corrected chi connectivity index (χ2v) is 8.70. The molecule has 168 valence electrons. The zero-order chi connectivity index (χ0) is 23.3. The summed E-state index contributed by atoms with van der Waals surface area (Å²) in [5.74, 6) is 0.385. The van der Waals surface area contributed by atoms with Crippen molar-refractivity contribution in [1.29, 1.82) is 0 Å². The van der Waals surface area contributed by atoms with E-state index in [1.165, 1.54) is 11.3 Å². The predicted molar refractivity (Wildman–Crippen MR) is 128 cm³/mol. The van der Waals surface area contributed by atoms with Gasteiger partial charge in [-0.3, -0.25) is 19.8 Å². The van der Waals surface area contributed by atoms with E-state index < -0.39 is 0 Å². The maximum Gasteiger partial charge on any atom is 0.315 e. The number of aryl methyl sites for hydroxylation is 1. The summed E-state index contributed by atoms with van der Waals surface area (Å²) in [6, 6.07) is 6.86. The van der Waals surface area contributed by atoms with Crippen LogP contribution in [0.2, 0.25) is 0 Å². The number of thiazole rings is 1. The Labute approximate surface area is 195 Å². The highest BCUT2D eigenvalue weighted by Gasteiger charge is 2.17. The number of aromatic amines is 1. The van der Waals surface area contributed by atoms with Crippen LogP contribution in [0.4, 0.5) is 9.93 Å². The molecule has 32 heavy (non-hydrogen) atoms. The van der Waals surface area contributed by atoms with Crippen LogP contribution >= 0.6 is 23.6 Å². The molecule has 0 spiro atoms. The first-order valence-electron chi connectivity index (χ1n) is 9.97. The van der Waals surface area contributed by atoms with E-state index in [9.17, 15) is 9.59 Å². The number of carbonyl (C=O) groups is 2. The second-order valence-electron chi connectivity index (χ2n) is 7.32.